The molecule has 2 aromatic heterocycles. The smallest absolute Gasteiger partial charge is 0.274 e. The van der Waals surface area contributed by atoms with Crippen molar-refractivity contribution in [2.24, 2.45) is 5.41 Å². The fourth-order valence-corrected chi connectivity index (χ4v) is 9.98. The highest BCUT2D eigenvalue weighted by atomic mass is 32.2. The number of nitrogen functional groups attached to an aromatic ring is 1. The molecule has 1 aliphatic heterocycles. The van der Waals surface area contributed by atoms with Gasteiger partial charge in [-0.25, -0.2) is 19.3 Å². The first-order valence-electron chi connectivity index (χ1n) is 23.0. The van der Waals surface area contributed by atoms with Gasteiger partial charge < -0.3 is 69.0 Å². The number of nitrogens with one attached hydrogen (secondary N) is 2. The van der Waals surface area contributed by atoms with Crippen LogP contribution in [0.5, 0.6) is 0 Å². The van der Waals surface area contributed by atoms with Crippen LogP contribution in [0.15, 0.2) is 61.3 Å². The van der Waals surface area contributed by atoms with Crippen LogP contribution in [0.4, 0.5) is 5.82 Å². The third-order valence-corrected chi connectivity index (χ3v) is 14.3. The molecule has 1 fully saturated rings. The van der Waals surface area contributed by atoms with Gasteiger partial charge in [0.05, 0.1) is 33.8 Å². The summed E-state index contributed by atoms with van der Waals surface area (Å²) in [5.74, 6) is -1.61. The van der Waals surface area contributed by atoms with Crippen molar-refractivity contribution in [3.8, 4) is 0 Å². The fourth-order valence-electron chi connectivity index (χ4n) is 6.55. The summed E-state index contributed by atoms with van der Waals surface area (Å²) >= 11 is 0.902. The minimum Gasteiger partial charge on any atom is -0.790 e. The molecular weight excluding hydrogens is 1030 g/mol. The third-order valence-electron chi connectivity index (χ3n) is 10.4. The van der Waals surface area contributed by atoms with Crippen LogP contribution in [-0.2, 0) is 55.5 Å². The van der Waals surface area contributed by atoms with Crippen LogP contribution >= 0.6 is 35.2 Å². The first-order valence-corrected chi connectivity index (χ1v) is 28.4. The number of phosphoric acid groups is 3. The largest absolute Gasteiger partial charge is 0.790 e. The normalized spacial score (nSPS) is 19.9. The number of allylic oxidation sites excluding steroid dienone is 8. The first-order chi connectivity index (χ1) is 33.9. The SMILES string of the molecule is CCCCC/C=C\C/C=C\C/C=C\C/C=C\CCCC(=O)CC(=O)SCCNC(=O)CCNC(=O)[C@H](O)C(C)(C)COP(=O)([O-])OP(=O)([O-])OC[C@H]1O[C@@H](n2cnc3c(N)ncnc32)[C@H](O)[C@@H]1OP(=O)([O-])[O-]. The Bertz CT molecular complexity index is 2340. The Labute approximate surface area is 421 Å². The minimum atomic E-state index is -5.94. The number of Topliss-reactive ketones (excluding diaryl/α,β-unsaturated/α-hetero) is 1. The van der Waals surface area contributed by atoms with E-state index in [1.165, 1.54) is 33.1 Å². The number of phosphoric ester groups is 3. The summed E-state index contributed by atoms with van der Waals surface area (Å²) in [5, 5.41) is 26.0. The van der Waals surface area contributed by atoms with E-state index in [0.717, 1.165) is 61.1 Å². The van der Waals surface area contributed by atoms with Crippen LogP contribution in [0, 0.1) is 5.41 Å². The summed E-state index contributed by atoms with van der Waals surface area (Å²) in [6, 6.07) is 0. The van der Waals surface area contributed by atoms with Gasteiger partial charge in [0, 0.05) is 37.1 Å². The molecule has 0 bridgehead atoms. The number of nitrogens with zero attached hydrogens (tertiary/aromatic N) is 4. The number of carbonyl (C=O) groups is 4. The monoisotopic (exact) mass is 1090 g/mol. The number of ether oxygens (including phenoxy) is 1. The quantitative estimate of drug-likeness (QED) is 0.0286. The Morgan fingerprint density at radius 2 is 1.51 bits per heavy atom. The molecule has 0 saturated carbocycles. The van der Waals surface area contributed by atoms with Crippen molar-refractivity contribution in [2.75, 3.05) is 37.8 Å². The number of imidazole rings is 1. The van der Waals surface area contributed by atoms with E-state index in [1.807, 2.05) is 12.2 Å². The number of hydrogen-bond donors (Lipinski definition) is 5. The number of aliphatic hydroxyl groups excluding tert-OH is 2. The lowest BCUT2D eigenvalue weighted by Crippen LogP contribution is -2.46. The van der Waals surface area contributed by atoms with Crippen LogP contribution in [0.25, 0.3) is 11.2 Å². The number of thioether (sulfide) groups is 1. The second kappa shape index (κ2) is 31.2. The standard InChI is InChI=1S/C43H68N7O18P3S/c1-4-5-6-7-8-9-10-11-12-13-14-15-16-17-18-19-20-21-31(51)26-34(53)72-25-24-45-33(52)22-23-46-41(56)38(55)43(2,3)28-65-71(62,63)68-70(60,61)64-27-32-37(67-69(57,58)59)36(54)42(66-32)50-30-49-35-39(44)47-29-48-40(35)50/h8-9,11-12,14-15,17-18,29-30,32,36-38,42,54-55H,4-7,10,13,16,19-28H2,1-3H3,(H,45,52)(H,46,56)(H,60,61)(H,62,63)(H2,44,47,48)(H2,57,58,59)/p-4/b9-8-,12-11-,15-14-,18-17-/t32-,36-,37-,38+,42-/m1/s1. The second-order valence-corrected chi connectivity index (χ2v) is 22.1. The average molecular weight is 1090 g/mol. The molecule has 29 heteroatoms. The van der Waals surface area contributed by atoms with Gasteiger partial charge in [0.15, 0.2) is 22.8 Å². The molecule has 72 heavy (non-hydrogen) atoms. The first kappa shape index (κ1) is 62.5. The molecule has 2 aromatic rings. The predicted molar refractivity (Wildman–Crippen MR) is 256 cm³/mol. The van der Waals surface area contributed by atoms with Crippen molar-refractivity contribution in [2.45, 2.75) is 128 Å². The van der Waals surface area contributed by atoms with Crippen molar-refractivity contribution < 1.29 is 85.3 Å². The number of aromatic nitrogens is 4. The zero-order valence-corrected chi connectivity index (χ0v) is 43.7. The van der Waals surface area contributed by atoms with E-state index in [1.54, 1.807) is 0 Å². The Morgan fingerprint density at radius 3 is 2.15 bits per heavy atom. The Morgan fingerprint density at radius 1 is 0.889 bits per heavy atom. The zero-order valence-electron chi connectivity index (χ0n) is 40.2. The number of carbonyl (C=O) groups excluding carboxylic acids is 4. The van der Waals surface area contributed by atoms with Gasteiger partial charge in [0.25, 0.3) is 15.6 Å². The van der Waals surface area contributed by atoms with E-state index in [0.29, 0.717) is 6.42 Å². The summed E-state index contributed by atoms with van der Waals surface area (Å²) in [6.07, 6.45) is 18.2. The Balaban J connectivity index is 1.29. The van der Waals surface area contributed by atoms with E-state index in [-0.39, 0.29) is 66.0 Å². The number of hydrogen-bond acceptors (Lipinski definition) is 23. The third kappa shape index (κ3) is 23.6. The van der Waals surface area contributed by atoms with Crippen molar-refractivity contribution in [3.63, 3.8) is 0 Å². The molecule has 6 N–H and O–H groups in total. The molecule has 25 nitrogen and oxygen atoms in total. The molecule has 3 rings (SSSR count). The molecular formula is C43H64N7O18P3S-4. The van der Waals surface area contributed by atoms with E-state index in [4.69, 9.17) is 10.5 Å². The van der Waals surface area contributed by atoms with Gasteiger partial charge in [-0.1, -0.05) is 94.0 Å². The molecule has 3 heterocycles. The summed E-state index contributed by atoms with van der Waals surface area (Å²) in [5.41, 5.74) is 4.04. The number of rotatable bonds is 35. The molecule has 7 atom stereocenters. The van der Waals surface area contributed by atoms with E-state index in [2.05, 4.69) is 86.8 Å². The van der Waals surface area contributed by atoms with Gasteiger partial charge in [-0.05, 0) is 44.9 Å². The highest BCUT2D eigenvalue weighted by molar-refractivity contribution is 8.13. The number of ketones is 1. The lowest BCUT2D eigenvalue weighted by Gasteiger charge is -2.36. The lowest BCUT2D eigenvalue weighted by atomic mass is 9.87. The van der Waals surface area contributed by atoms with Crippen molar-refractivity contribution in [3.05, 3.63) is 61.3 Å². The molecule has 404 valence electrons. The molecule has 0 aromatic carbocycles. The summed E-state index contributed by atoms with van der Waals surface area (Å²) < 4.78 is 60.8. The van der Waals surface area contributed by atoms with Crippen molar-refractivity contribution in [1.29, 1.82) is 0 Å². The summed E-state index contributed by atoms with van der Waals surface area (Å²) in [4.78, 5) is 109. The minimum absolute atomic E-state index is 0.0284. The van der Waals surface area contributed by atoms with Crippen molar-refractivity contribution in [1.82, 2.24) is 30.2 Å². The molecule has 2 amide bonds. The number of amides is 2. The van der Waals surface area contributed by atoms with Crippen LogP contribution in [0.2, 0.25) is 0 Å². The van der Waals surface area contributed by atoms with Gasteiger partial charge in [0.1, 0.15) is 42.0 Å². The topological polar surface area (TPSA) is 392 Å². The summed E-state index contributed by atoms with van der Waals surface area (Å²) in [6.45, 7) is 2.09. The van der Waals surface area contributed by atoms with E-state index in [9.17, 15) is 62.7 Å². The molecule has 2 unspecified atom stereocenters. The maximum atomic E-state index is 12.7. The maximum absolute atomic E-state index is 12.7. The van der Waals surface area contributed by atoms with Crippen molar-refractivity contribution >= 4 is 74.9 Å². The Kier molecular flexibility index (Phi) is 27.0. The molecule has 1 saturated heterocycles. The van der Waals surface area contributed by atoms with Gasteiger partial charge in [0.2, 0.25) is 11.8 Å². The maximum Gasteiger partial charge on any atom is 0.274 e. The number of anilines is 1. The van der Waals surface area contributed by atoms with E-state index < -0.39 is 84.6 Å². The number of fused-ring (bicyclic) bond motifs is 1. The molecule has 0 aliphatic carbocycles. The summed E-state index contributed by atoms with van der Waals surface area (Å²) in [7, 11) is -17.7. The Hall–Kier alpha value is -3.81. The number of nitrogens with two attached hydrogens (primary N) is 1. The highest BCUT2D eigenvalue weighted by Gasteiger charge is 2.47. The molecule has 0 spiro atoms. The fraction of sp³-hybridized carbons (Fsp3) is 0.605. The zero-order chi connectivity index (χ0) is 53.4. The highest BCUT2D eigenvalue weighted by Crippen LogP contribution is 2.56. The van der Waals surface area contributed by atoms with Gasteiger partial charge in [-0.15, -0.1) is 0 Å². The second-order valence-electron chi connectivity index (χ2n) is 16.9. The van der Waals surface area contributed by atoms with Gasteiger partial charge in [-0.3, -0.25) is 32.9 Å². The molecule has 1 aliphatic rings. The van der Waals surface area contributed by atoms with Crippen LogP contribution in [-0.4, -0.2) is 109 Å². The average Bonchev–Trinajstić information content (AvgIpc) is 3.86. The number of unbranched alkanes of at least 4 members (excludes halogenated alkanes) is 4. The van der Waals surface area contributed by atoms with Gasteiger partial charge in [-0.2, -0.15) is 0 Å². The predicted octanol–water partition coefficient (Wildman–Crippen LogP) is 2.24. The van der Waals surface area contributed by atoms with Crippen LogP contribution in [0.3, 0.4) is 0 Å². The molecule has 0 radical (unpaired) electrons. The van der Waals surface area contributed by atoms with Crippen LogP contribution in [0.1, 0.15) is 104 Å². The van der Waals surface area contributed by atoms with Crippen LogP contribution < -0.4 is 35.9 Å². The number of aliphatic hydroxyl groups is 2. The van der Waals surface area contributed by atoms with E-state index >= 15 is 0 Å². The lowest BCUT2D eigenvalue weighted by molar-refractivity contribution is -0.347. The van der Waals surface area contributed by atoms with Gasteiger partial charge >= 0.3 is 0 Å².